The SMILES string of the molecule is CC(C)CCCC(C)NC(=O)COC(=O)c1ccc2c(=O)n3c(nc2c1)CCCCC3. The predicted molar refractivity (Wildman–Crippen MR) is 120 cm³/mol. The van der Waals surface area contributed by atoms with E-state index in [1.165, 1.54) is 0 Å². The van der Waals surface area contributed by atoms with Crippen molar-refractivity contribution in [3.05, 3.63) is 39.9 Å². The number of hydrogen-bond donors (Lipinski definition) is 1. The lowest BCUT2D eigenvalue weighted by Gasteiger charge is -2.14. The number of carbonyl (C=O) groups is 2. The number of benzene rings is 1. The van der Waals surface area contributed by atoms with Crippen molar-refractivity contribution in [1.82, 2.24) is 14.9 Å². The van der Waals surface area contributed by atoms with Crippen molar-refractivity contribution < 1.29 is 14.3 Å². The number of rotatable bonds is 8. The Morgan fingerprint density at radius 2 is 1.97 bits per heavy atom. The number of aryl methyl sites for hydroxylation is 1. The molecular weight excluding hydrogens is 394 g/mol. The Balaban J connectivity index is 1.61. The van der Waals surface area contributed by atoms with E-state index in [0.29, 0.717) is 23.4 Å². The minimum Gasteiger partial charge on any atom is -0.452 e. The van der Waals surface area contributed by atoms with Crippen molar-refractivity contribution in [2.24, 2.45) is 5.92 Å². The Morgan fingerprint density at radius 1 is 1.16 bits per heavy atom. The third kappa shape index (κ3) is 6.15. The van der Waals surface area contributed by atoms with Gasteiger partial charge in [0.1, 0.15) is 5.82 Å². The van der Waals surface area contributed by atoms with Crippen molar-refractivity contribution in [1.29, 1.82) is 0 Å². The quantitative estimate of drug-likeness (QED) is 0.650. The summed E-state index contributed by atoms with van der Waals surface area (Å²) in [6, 6.07) is 4.80. The van der Waals surface area contributed by atoms with Gasteiger partial charge in [-0.25, -0.2) is 9.78 Å². The average molecular weight is 428 g/mol. The molecule has 0 saturated heterocycles. The van der Waals surface area contributed by atoms with Gasteiger partial charge in [-0.15, -0.1) is 0 Å². The number of hydrogen-bond acceptors (Lipinski definition) is 5. The molecule has 7 heteroatoms. The van der Waals surface area contributed by atoms with Crippen LogP contribution >= 0.6 is 0 Å². The molecule has 1 unspecified atom stereocenters. The van der Waals surface area contributed by atoms with Crippen molar-refractivity contribution in [2.45, 2.75) is 78.3 Å². The van der Waals surface area contributed by atoms with Crippen LogP contribution in [0.1, 0.15) is 75.5 Å². The van der Waals surface area contributed by atoms with Crippen LogP contribution in [0.3, 0.4) is 0 Å². The van der Waals surface area contributed by atoms with Gasteiger partial charge in [-0.3, -0.25) is 14.2 Å². The highest BCUT2D eigenvalue weighted by molar-refractivity contribution is 5.95. The maximum atomic E-state index is 12.8. The van der Waals surface area contributed by atoms with Crippen molar-refractivity contribution in [3.63, 3.8) is 0 Å². The maximum Gasteiger partial charge on any atom is 0.338 e. The highest BCUT2D eigenvalue weighted by Gasteiger charge is 2.17. The van der Waals surface area contributed by atoms with Gasteiger partial charge in [0.25, 0.3) is 11.5 Å². The average Bonchev–Trinajstić information content (AvgIpc) is 2.97. The molecule has 31 heavy (non-hydrogen) atoms. The van der Waals surface area contributed by atoms with Crippen LogP contribution < -0.4 is 10.9 Å². The lowest BCUT2D eigenvalue weighted by atomic mass is 10.0. The molecule has 0 saturated carbocycles. The van der Waals surface area contributed by atoms with Crippen molar-refractivity contribution in [2.75, 3.05) is 6.61 Å². The van der Waals surface area contributed by atoms with E-state index >= 15 is 0 Å². The summed E-state index contributed by atoms with van der Waals surface area (Å²) >= 11 is 0. The van der Waals surface area contributed by atoms with E-state index < -0.39 is 5.97 Å². The minimum absolute atomic E-state index is 0.0399. The molecule has 0 aliphatic carbocycles. The highest BCUT2D eigenvalue weighted by atomic mass is 16.5. The molecule has 2 aromatic rings. The second-order valence-electron chi connectivity index (χ2n) is 8.90. The summed E-state index contributed by atoms with van der Waals surface area (Å²) in [5.74, 6) is 0.507. The van der Waals surface area contributed by atoms with Gasteiger partial charge in [-0.1, -0.05) is 33.1 Å². The number of aromatic nitrogens is 2. The zero-order chi connectivity index (χ0) is 22.4. The summed E-state index contributed by atoms with van der Waals surface area (Å²) in [5, 5.41) is 3.36. The lowest BCUT2D eigenvalue weighted by molar-refractivity contribution is -0.124. The van der Waals surface area contributed by atoms with Gasteiger partial charge in [0, 0.05) is 19.0 Å². The zero-order valence-corrected chi connectivity index (χ0v) is 18.8. The Kier molecular flexibility index (Phi) is 7.82. The largest absolute Gasteiger partial charge is 0.452 e. The number of fused-ring (bicyclic) bond motifs is 2. The molecule has 1 aromatic carbocycles. The molecule has 168 valence electrons. The standard InChI is InChI=1S/C24H33N3O4/c1-16(2)8-7-9-17(3)25-22(28)15-31-24(30)18-11-12-19-20(14-18)26-21-10-5-4-6-13-27(21)23(19)29/h11-12,14,16-17H,4-10,13,15H2,1-3H3,(H,25,28). The lowest BCUT2D eigenvalue weighted by Crippen LogP contribution is -2.35. The zero-order valence-electron chi connectivity index (χ0n) is 18.8. The fourth-order valence-electron chi connectivity index (χ4n) is 3.98. The Bertz CT molecular complexity index is 996. The van der Waals surface area contributed by atoms with Crippen LogP contribution in [-0.2, 0) is 22.5 Å². The molecule has 3 rings (SSSR count). The monoisotopic (exact) mass is 427 g/mol. The Labute approximate surface area is 183 Å². The van der Waals surface area contributed by atoms with E-state index in [1.54, 1.807) is 22.8 Å². The molecule has 0 fully saturated rings. The molecule has 0 bridgehead atoms. The summed E-state index contributed by atoms with van der Waals surface area (Å²) in [7, 11) is 0. The van der Waals surface area contributed by atoms with Crippen LogP contribution in [0, 0.1) is 5.92 Å². The second kappa shape index (κ2) is 10.6. The van der Waals surface area contributed by atoms with E-state index in [0.717, 1.165) is 50.8 Å². The van der Waals surface area contributed by atoms with Crippen molar-refractivity contribution >= 4 is 22.8 Å². The molecule has 2 heterocycles. The number of ether oxygens (including phenoxy) is 1. The summed E-state index contributed by atoms with van der Waals surface area (Å²) < 4.78 is 6.93. The van der Waals surface area contributed by atoms with Crippen LogP contribution in [0.25, 0.3) is 10.9 Å². The molecular formula is C24H33N3O4. The molecule has 0 radical (unpaired) electrons. The van der Waals surface area contributed by atoms with Crippen LogP contribution in [0.2, 0.25) is 0 Å². The normalized spacial score (nSPS) is 14.7. The number of esters is 1. The predicted octanol–water partition coefficient (Wildman–Crippen LogP) is 3.61. The number of carbonyl (C=O) groups excluding carboxylic acids is 2. The molecule has 1 amide bonds. The summed E-state index contributed by atoms with van der Waals surface area (Å²) in [4.78, 5) is 42.0. The summed E-state index contributed by atoms with van der Waals surface area (Å²) in [6.45, 7) is 6.67. The highest BCUT2D eigenvalue weighted by Crippen LogP contribution is 2.17. The third-order valence-corrected chi connectivity index (χ3v) is 5.71. The van der Waals surface area contributed by atoms with E-state index in [2.05, 4.69) is 24.1 Å². The first-order chi connectivity index (χ1) is 14.8. The van der Waals surface area contributed by atoms with E-state index in [-0.39, 0.29) is 29.7 Å². The van der Waals surface area contributed by atoms with Gasteiger partial charge in [0.05, 0.1) is 16.5 Å². The smallest absolute Gasteiger partial charge is 0.338 e. The first kappa shape index (κ1) is 23.0. The van der Waals surface area contributed by atoms with E-state index in [1.807, 2.05) is 6.92 Å². The van der Waals surface area contributed by atoms with Crippen molar-refractivity contribution in [3.8, 4) is 0 Å². The Morgan fingerprint density at radius 3 is 2.74 bits per heavy atom. The number of amides is 1. The first-order valence-electron chi connectivity index (χ1n) is 11.3. The summed E-state index contributed by atoms with van der Waals surface area (Å²) in [6.07, 6.45) is 6.89. The third-order valence-electron chi connectivity index (χ3n) is 5.71. The second-order valence-corrected chi connectivity index (χ2v) is 8.90. The van der Waals surface area contributed by atoms with Gasteiger partial charge in [0.15, 0.2) is 6.61 Å². The maximum absolute atomic E-state index is 12.8. The minimum atomic E-state index is -0.596. The molecule has 0 spiro atoms. The fraction of sp³-hybridized carbons (Fsp3) is 0.583. The van der Waals surface area contributed by atoms with Gasteiger partial charge < -0.3 is 10.1 Å². The van der Waals surface area contributed by atoms with E-state index in [9.17, 15) is 14.4 Å². The van der Waals surface area contributed by atoms with Gasteiger partial charge >= 0.3 is 5.97 Å². The Hall–Kier alpha value is -2.70. The van der Waals surface area contributed by atoms with Gasteiger partial charge in [-0.05, 0) is 50.3 Å². The molecule has 7 nitrogen and oxygen atoms in total. The first-order valence-corrected chi connectivity index (χ1v) is 11.3. The van der Waals surface area contributed by atoms with Crippen LogP contribution in [0.5, 0.6) is 0 Å². The topological polar surface area (TPSA) is 90.3 Å². The van der Waals surface area contributed by atoms with Crippen LogP contribution in [0.4, 0.5) is 0 Å². The molecule has 1 atom stereocenters. The molecule has 1 aliphatic rings. The number of nitrogens with one attached hydrogen (secondary N) is 1. The summed E-state index contributed by atoms with van der Waals surface area (Å²) in [5.41, 5.74) is 0.722. The van der Waals surface area contributed by atoms with Gasteiger partial charge in [0.2, 0.25) is 0 Å². The fourth-order valence-corrected chi connectivity index (χ4v) is 3.98. The molecule has 1 N–H and O–H groups in total. The van der Waals surface area contributed by atoms with E-state index in [4.69, 9.17) is 4.74 Å². The van der Waals surface area contributed by atoms with Crippen LogP contribution in [0.15, 0.2) is 23.0 Å². The molecule has 1 aromatic heterocycles. The van der Waals surface area contributed by atoms with Crippen LogP contribution in [-0.4, -0.2) is 34.1 Å². The van der Waals surface area contributed by atoms with Gasteiger partial charge in [-0.2, -0.15) is 0 Å². The number of nitrogens with zero attached hydrogens (tertiary/aromatic N) is 2. The molecule has 1 aliphatic heterocycles.